The van der Waals surface area contributed by atoms with Crippen LogP contribution in [0.4, 0.5) is 0 Å². The summed E-state index contributed by atoms with van der Waals surface area (Å²) in [5.41, 5.74) is 6.48. The second-order valence-corrected chi connectivity index (χ2v) is 5.48. The van der Waals surface area contributed by atoms with Crippen LogP contribution in [0.3, 0.4) is 0 Å². The first kappa shape index (κ1) is 15.1. The molecule has 2 N–H and O–H groups in total. The van der Waals surface area contributed by atoms with Gasteiger partial charge >= 0.3 is 0 Å². The summed E-state index contributed by atoms with van der Waals surface area (Å²) in [7, 11) is 1.61. The number of primary amides is 1. The Kier molecular flexibility index (Phi) is 4.01. The van der Waals surface area contributed by atoms with Gasteiger partial charge in [0, 0.05) is 19.3 Å². The lowest BCUT2D eigenvalue weighted by Gasteiger charge is -2.14. The van der Waals surface area contributed by atoms with Gasteiger partial charge in [-0.15, -0.1) is 0 Å². The Morgan fingerprint density at radius 2 is 2.00 bits per heavy atom. The minimum absolute atomic E-state index is 0.180. The van der Waals surface area contributed by atoms with E-state index in [1.165, 1.54) is 0 Å². The van der Waals surface area contributed by atoms with E-state index in [0.717, 1.165) is 11.4 Å². The first-order valence-electron chi connectivity index (χ1n) is 7.37. The zero-order valence-corrected chi connectivity index (χ0v) is 12.8. The second kappa shape index (κ2) is 6.12. The van der Waals surface area contributed by atoms with Crippen molar-refractivity contribution < 1.29 is 14.3 Å². The highest BCUT2D eigenvalue weighted by Crippen LogP contribution is 2.19. The number of hydrogen-bond acceptors (Lipinski definition) is 4. The van der Waals surface area contributed by atoms with Gasteiger partial charge in [-0.05, 0) is 36.8 Å². The lowest BCUT2D eigenvalue weighted by atomic mass is 10.1. The molecule has 1 aromatic carbocycles. The third-order valence-corrected chi connectivity index (χ3v) is 4.02. The van der Waals surface area contributed by atoms with Crippen molar-refractivity contribution in [2.45, 2.75) is 6.42 Å². The van der Waals surface area contributed by atoms with Crippen LogP contribution in [0.25, 0.3) is 5.69 Å². The monoisotopic (exact) mass is 314 g/mol. The van der Waals surface area contributed by atoms with E-state index in [-0.39, 0.29) is 17.7 Å². The third-order valence-electron chi connectivity index (χ3n) is 4.02. The summed E-state index contributed by atoms with van der Waals surface area (Å²) in [5, 5.41) is 4.32. The summed E-state index contributed by atoms with van der Waals surface area (Å²) in [6.07, 6.45) is 2.34. The maximum atomic E-state index is 12.4. The fraction of sp³-hybridized carbons (Fsp3) is 0.312. The number of methoxy groups -OCH3 is 1. The smallest absolute Gasteiger partial charge is 0.274 e. The van der Waals surface area contributed by atoms with Gasteiger partial charge in [0.25, 0.3) is 5.91 Å². The standard InChI is InChI=1S/C16H18N4O3/c1-23-13-4-2-12(3-5-13)20-9-7-14(18-20)16(22)19-8-6-11(10-19)15(17)21/h2-5,7,9,11H,6,8,10H2,1H3,(H2,17,21)/t11-/m1/s1. The molecule has 0 aliphatic carbocycles. The number of carbonyl (C=O) groups is 2. The zero-order chi connectivity index (χ0) is 16.4. The van der Waals surface area contributed by atoms with Crippen molar-refractivity contribution in [1.82, 2.24) is 14.7 Å². The van der Waals surface area contributed by atoms with Gasteiger partial charge in [0.15, 0.2) is 5.69 Å². The van der Waals surface area contributed by atoms with Crippen LogP contribution < -0.4 is 10.5 Å². The van der Waals surface area contributed by atoms with Crippen molar-refractivity contribution in [3.8, 4) is 11.4 Å². The molecule has 1 aliphatic rings. The number of nitrogens with zero attached hydrogens (tertiary/aromatic N) is 3. The van der Waals surface area contributed by atoms with Gasteiger partial charge in [-0.25, -0.2) is 4.68 Å². The fourth-order valence-electron chi connectivity index (χ4n) is 2.66. The highest BCUT2D eigenvalue weighted by Gasteiger charge is 2.31. The van der Waals surface area contributed by atoms with Crippen molar-refractivity contribution in [2.75, 3.05) is 20.2 Å². The maximum Gasteiger partial charge on any atom is 0.274 e. The summed E-state index contributed by atoms with van der Waals surface area (Å²) >= 11 is 0. The number of nitrogens with two attached hydrogens (primary N) is 1. The number of aromatic nitrogens is 2. The molecule has 23 heavy (non-hydrogen) atoms. The van der Waals surface area contributed by atoms with Crippen LogP contribution in [0.1, 0.15) is 16.9 Å². The summed E-state index contributed by atoms with van der Waals surface area (Å²) in [6, 6.07) is 9.05. The quantitative estimate of drug-likeness (QED) is 0.905. The Balaban J connectivity index is 1.73. The first-order chi connectivity index (χ1) is 11.1. The van der Waals surface area contributed by atoms with Gasteiger partial charge in [0.05, 0.1) is 18.7 Å². The molecule has 3 rings (SSSR count). The lowest BCUT2D eigenvalue weighted by Crippen LogP contribution is -2.32. The number of benzene rings is 1. The molecule has 2 amide bonds. The molecule has 7 heteroatoms. The minimum Gasteiger partial charge on any atom is -0.497 e. The Bertz CT molecular complexity index is 723. The highest BCUT2D eigenvalue weighted by molar-refractivity contribution is 5.93. The summed E-state index contributed by atoms with van der Waals surface area (Å²) in [5.74, 6) is -0.0422. The number of amides is 2. The number of carbonyl (C=O) groups excluding carboxylic acids is 2. The van der Waals surface area contributed by atoms with Gasteiger partial charge in [-0.2, -0.15) is 5.10 Å². The molecule has 0 spiro atoms. The molecule has 120 valence electrons. The van der Waals surface area contributed by atoms with E-state index in [1.54, 1.807) is 29.0 Å². The third kappa shape index (κ3) is 3.03. The molecule has 1 saturated heterocycles. The van der Waals surface area contributed by atoms with Gasteiger partial charge < -0.3 is 15.4 Å². The molecule has 0 bridgehead atoms. The predicted molar refractivity (Wildman–Crippen MR) is 83.3 cm³/mol. The molecular formula is C16H18N4O3. The van der Waals surface area contributed by atoms with E-state index in [4.69, 9.17) is 10.5 Å². The molecular weight excluding hydrogens is 296 g/mol. The molecule has 2 heterocycles. The van der Waals surface area contributed by atoms with Crippen LogP contribution in [0.2, 0.25) is 0 Å². The molecule has 0 radical (unpaired) electrons. The average Bonchev–Trinajstić information content (AvgIpc) is 3.24. The van der Waals surface area contributed by atoms with Crippen LogP contribution in [-0.2, 0) is 4.79 Å². The van der Waals surface area contributed by atoms with Crippen molar-refractivity contribution in [3.63, 3.8) is 0 Å². The van der Waals surface area contributed by atoms with Gasteiger partial charge in [-0.1, -0.05) is 0 Å². The zero-order valence-electron chi connectivity index (χ0n) is 12.8. The van der Waals surface area contributed by atoms with Crippen LogP contribution in [0, 0.1) is 5.92 Å². The van der Waals surface area contributed by atoms with Crippen LogP contribution in [0.15, 0.2) is 36.5 Å². The molecule has 0 saturated carbocycles. The first-order valence-corrected chi connectivity index (χ1v) is 7.37. The SMILES string of the molecule is COc1ccc(-n2ccc(C(=O)N3CC[C@@H](C(N)=O)C3)n2)cc1. The Morgan fingerprint density at radius 1 is 1.26 bits per heavy atom. The minimum atomic E-state index is -0.357. The van der Waals surface area contributed by atoms with E-state index in [0.29, 0.717) is 25.2 Å². The maximum absolute atomic E-state index is 12.4. The van der Waals surface area contributed by atoms with Crippen LogP contribution >= 0.6 is 0 Å². The normalized spacial score (nSPS) is 17.3. The van der Waals surface area contributed by atoms with Gasteiger partial charge in [0.2, 0.25) is 5.91 Å². The number of likely N-dealkylation sites (tertiary alicyclic amines) is 1. The molecule has 2 aromatic rings. The second-order valence-electron chi connectivity index (χ2n) is 5.48. The van der Waals surface area contributed by atoms with E-state index in [2.05, 4.69) is 5.10 Å². The predicted octanol–water partition coefficient (Wildman–Crippen LogP) is 0.828. The molecule has 1 aliphatic heterocycles. The van der Waals surface area contributed by atoms with Crippen LogP contribution in [-0.4, -0.2) is 46.7 Å². The average molecular weight is 314 g/mol. The summed E-state index contributed by atoms with van der Waals surface area (Å²) in [4.78, 5) is 25.3. The summed E-state index contributed by atoms with van der Waals surface area (Å²) < 4.78 is 6.75. The fourth-order valence-corrected chi connectivity index (χ4v) is 2.66. The van der Waals surface area contributed by atoms with E-state index < -0.39 is 0 Å². The molecule has 7 nitrogen and oxygen atoms in total. The molecule has 1 atom stereocenters. The Morgan fingerprint density at radius 3 is 2.61 bits per heavy atom. The number of hydrogen-bond donors (Lipinski definition) is 1. The largest absolute Gasteiger partial charge is 0.497 e. The highest BCUT2D eigenvalue weighted by atomic mass is 16.5. The molecule has 0 unspecified atom stereocenters. The van der Waals surface area contributed by atoms with Crippen molar-refractivity contribution in [2.24, 2.45) is 11.7 Å². The topological polar surface area (TPSA) is 90.5 Å². The van der Waals surface area contributed by atoms with Gasteiger partial charge in [0.1, 0.15) is 5.75 Å². The Labute approximate surface area is 133 Å². The van der Waals surface area contributed by atoms with E-state index >= 15 is 0 Å². The van der Waals surface area contributed by atoms with Crippen molar-refractivity contribution in [3.05, 3.63) is 42.2 Å². The molecule has 1 aromatic heterocycles. The van der Waals surface area contributed by atoms with Crippen LogP contribution in [0.5, 0.6) is 5.75 Å². The van der Waals surface area contributed by atoms with Gasteiger partial charge in [-0.3, -0.25) is 9.59 Å². The van der Waals surface area contributed by atoms with Crippen molar-refractivity contribution >= 4 is 11.8 Å². The van der Waals surface area contributed by atoms with Crippen molar-refractivity contribution in [1.29, 1.82) is 0 Å². The number of ether oxygens (including phenoxy) is 1. The number of rotatable bonds is 4. The lowest BCUT2D eigenvalue weighted by molar-refractivity contribution is -0.121. The molecule has 1 fully saturated rings. The van der Waals surface area contributed by atoms with E-state index in [9.17, 15) is 9.59 Å². The van der Waals surface area contributed by atoms with E-state index in [1.807, 2.05) is 24.3 Å². The Hall–Kier alpha value is -2.83. The summed E-state index contributed by atoms with van der Waals surface area (Å²) in [6.45, 7) is 0.894.